The smallest absolute Gasteiger partial charge is 0.275 e. The zero-order valence-electron chi connectivity index (χ0n) is 16.4. The Balaban J connectivity index is 1.50. The van der Waals surface area contributed by atoms with Crippen molar-refractivity contribution in [1.29, 1.82) is 0 Å². The molecule has 1 aromatic rings. The van der Waals surface area contributed by atoms with Gasteiger partial charge in [-0.2, -0.15) is 9.78 Å². The average molecular weight is 383 g/mol. The van der Waals surface area contributed by atoms with Gasteiger partial charge in [-0.15, -0.1) is 0 Å². The zero-order chi connectivity index (χ0) is 18.7. The summed E-state index contributed by atoms with van der Waals surface area (Å²) >= 11 is 5.66. The Morgan fingerprint density at radius 1 is 1.15 bits per heavy atom. The summed E-state index contributed by atoms with van der Waals surface area (Å²) in [5, 5.41) is 7.86. The molecule has 1 saturated heterocycles. The molecule has 0 aromatic carbocycles. The number of hydrogen-bond donors (Lipinski definition) is 3. The molecular formula is C18H34N6OS+2. The third kappa shape index (κ3) is 5.14. The van der Waals surface area contributed by atoms with Crippen LogP contribution in [0.4, 0.5) is 0 Å². The second-order valence-corrected chi connectivity index (χ2v) is 9.16. The topological polar surface area (TPSA) is 60.7 Å². The van der Waals surface area contributed by atoms with E-state index in [9.17, 15) is 4.79 Å². The third-order valence-corrected chi connectivity index (χ3v) is 5.68. The van der Waals surface area contributed by atoms with Gasteiger partial charge >= 0.3 is 0 Å². The SMILES string of the molecule is CC(C)(C)NC(=O)C[NH+]1CC[NH+](Cn2nc3n(c2=S)CCCCC3)CC1. The minimum absolute atomic E-state index is 0.149. The van der Waals surface area contributed by atoms with E-state index in [4.69, 9.17) is 17.3 Å². The molecule has 0 radical (unpaired) electrons. The van der Waals surface area contributed by atoms with Crippen LogP contribution in [0.2, 0.25) is 0 Å². The summed E-state index contributed by atoms with van der Waals surface area (Å²) in [5.41, 5.74) is -0.154. The van der Waals surface area contributed by atoms with Crippen LogP contribution in [0.3, 0.4) is 0 Å². The predicted molar refractivity (Wildman–Crippen MR) is 103 cm³/mol. The fraction of sp³-hybridized carbons (Fsp3) is 0.833. The van der Waals surface area contributed by atoms with Gasteiger partial charge in [0.2, 0.25) is 4.77 Å². The van der Waals surface area contributed by atoms with Crippen molar-refractivity contribution in [2.24, 2.45) is 0 Å². The van der Waals surface area contributed by atoms with E-state index in [1.54, 1.807) is 0 Å². The maximum Gasteiger partial charge on any atom is 0.275 e. The summed E-state index contributed by atoms with van der Waals surface area (Å²) in [4.78, 5) is 15.0. The molecule has 3 rings (SSSR count). The fourth-order valence-corrected chi connectivity index (χ4v) is 4.22. The van der Waals surface area contributed by atoms with E-state index in [0.29, 0.717) is 6.54 Å². The van der Waals surface area contributed by atoms with Crippen molar-refractivity contribution in [1.82, 2.24) is 19.7 Å². The lowest BCUT2D eigenvalue weighted by molar-refractivity contribution is -1.02. The number of nitrogens with zero attached hydrogens (tertiary/aromatic N) is 3. The van der Waals surface area contributed by atoms with Crippen molar-refractivity contribution in [3.8, 4) is 0 Å². The first-order valence-corrected chi connectivity index (χ1v) is 10.4. The van der Waals surface area contributed by atoms with Crippen LogP contribution in [-0.2, 0) is 24.4 Å². The second-order valence-electron chi connectivity index (χ2n) is 8.79. The molecule has 0 bridgehead atoms. The molecule has 0 spiro atoms. The summed E-state index contributed by atoms with van der Waals surface area (Å²) in [5.74, 6) is 1.31. The molecule has 26 heavy (non-hydrogen) atoms. The molecule has 3 heterocycles. The van der Waals surface area contributed by atoms with Crippen LogP contribution >= 0.6 is 12.2 Å². The van der Waals surface area contributed by atoms with Crippen LogP contribution in [0.25, 0.3) is 0 Å². The first-order chi connectivity index (χ1) is 12.3. The lowest BCUT2D eigenvalue weighted by Crippen LogP contribution is -3.28. The summed E-state index contributed by atoms with van der Waals surface area (Å²) < 4.78 is 5.15. The number of hydrogen-bond acceptors (Lipinski definition) is 3. The van der Waals surface area contributed by atoms with Gasteiger partial charge in [-0.25, -0.2) is 0 Å². The van der Waals surface area contributed by atoms with Gasteiger partial charge in [0.05, 0.1) is 0 Å². The van der Waals surface area contributed by atoms with Gasteiger partial charge in [-0.05, 0) is 45.8 Å². The number of carbonyl (C=O) groups excluding carboxylic acids is 1. The zero-order valence-corrected chi connectivity index (χ0v) is 17.3. The Hall–Kier alpha value is -1.25. The molecule has 1 amide bonds. The van der Waals surface area contributed by atoms with E-state index in [0.717, 1.165) is 56.4 Å². The molecule has 0 unspecified atom stereocenters. The Kier molecular flexibility index (Phi) is 6.14. The minimum atomic E-state index is -0.154. The maximum atomic E-state index is 12.1. The van der Waals surface area contributed by atoms with Gasteiger partial charge < -0.3 is 19.7 Å². The maximum absolute atomic E-state index is 12.1. The molecule has 1 fully saturated rings. The van der Waals surface area contributed by atoms with Crippen molar-refractivity contribution in [2.75, 3.05) is 32.7 Å². The highest BCUT2D eigenvalue weighted by molar-refractivity contribution is 7.71. The monoisotopic (exact) mass is 382 g/mol. The molecule has 0 atom stereocenters. The van der Waals surface area contributed by atoms with Crippen LogP contribution in [0.5, 0.6) is 0 Å². The van der Waals surface area contributed by atoms with Crippen molar-refractivity contribution >= 4 is 18.1 Å². The van der Waals surface area contributed by atoms with Gasteiger partial charge in [-0.1, -0.05) is 6.42 Å². The average Bonchev–Trinajstić information content (AvgIpc) is 2.73. The Morgan fingerprint density at radius 3 is 2.54 bits per heavy atom. The van der Waals surface area contributed by atoms with Gasteiger partial charge in [0.25, 0.3) is 5.91 Å². The molecule has 0 saturated carbocycles. The highest BCUT2D eigenvalue weighted by Crippen LogP contribution is 2.13. The normalized spacial score (nSPS) is 24.0. The number of piperazine rings is 1. The Labute approximate surface area is 161 Å². The predicted octanol–water partition coefficient (Wildman–Crippen LogP) is -1.20. The Morgan fingerprint density at radius 2 is 1.85 bits per heavy atom. The quantitative estimate of drug-likeness (QED) is 0.573. The summed E-state index contributed by atoms with van der Waals surface area (Å²) in [7, 11) is 0. The molecular weight excluding hydrogens is 348 g/mol. The van der Waals surface area contributed by atoms with Crippen LogP contribution in [0.15, 0.2) is 0 Å². The molecule has 7 nitrogen and oxygen atoms in total. The van der Waals surface area contributed by atoms with Crippen LogP contribution in [0, 0.1) is 4.77 Å². The van der Waals surface area contributed by atoms with Gasteiger partial charge in [0.1, 0.15) is 32.0 Å². The van der Waals surface area contributed by atoms with Gasteiger partial charge in [0.15, 0.2) is 13.2 Å². The number of amides is 1. The van der Waals surface area contributed by atoms with Crippen molar-refractivity contribution in [3.63, 3.8) is 0 Å². The second kappa shape index (κ2) is 8.19. The van der Waals surface area contributed by atoms with Crippen molar-refractivity contribution in [3.05, 3.63) is 10.6 Å². The molecule has 2 aliphatic heterocycles. The van der Waals surface area contributed by atoms with E-state index < -0.39 is 0 Å². The first kappa shape index (κ1) is 19.5. The first-order valence-electron chi connectivity index (χ1n) is 9.96. The number of aromatic nitrogens is 3. The number of fused-ring (bicyclic) bond motifs is 1. The van der Waals surface area contributed by atoms with Crippen LogP contribution in [0.1, 0.15) is 45.9 Å². The molecule has 3 N–H and O–H groups in total. The summed E-state index contributed by atoms with van der Waals surface area (Å²) in [6.07, 6.45) is 4.75. The lowest BCUT2D eigenvalue weighted by atomic mass is 10.1. The standard InChI is InChI=1S/C18H32N6OS/c1-18(2,3)19-16(25)13-21-9-11-22(12-10-21)14-24-17(26)23-8-6-4-5-7-15(23)20-24/h4-14H2,1-3H3,(H,19,25)/p+2. The number of quaternary nitrogens is 2. The number of aryl methyl sites for hydroxylation is 1. The van der Waals surface area contributed by atoms with E-state index in [1.807, 2.05) is 25.5 Å². The highest BCUT2D eigenvalue weighted by atomic mass is 32.1. The third-order valence-electron chi connectivity index (χ3n) is 5.24. The van der Waals surface area contributed by atoms with E-state index in [-0.39, 0.29) is 11.4 Å². The summed E-state index contributed by atoms with van der Waals surface area (Å²) in [6.45, 7) is 12.7. The Bertz CT molecular complexity index is 681. The molecule has 0 aliphatic carbocycles. The highest BCUT2D eigenvalue weighted by Gasteiger charge is 2.27. The molecule has 8 heteroatoms. The molecule has 2 aliphatic rings. The van der Waals surface area contributed by atoms with Crippen LogP contribution < -0.4 is 15.1 Å². The lowest BCUT2D eigenvalue weighted by Gasteiger charge is -2.30. The number of nitrogens with one attached hydrogen (secondary N) is 3. The van der Waals surface area contributed by atoms with E-state index in [1.165, 1.54) is 29.1 Å². The van der Waals surface area contributed by atoms with E-state index >= 15 is 0 Å². The minimum Gasteiger partial charge on any atom is -0.347 e. The van der Waals surface area contributed by atoms with Gasteiger partial charge in [0, 0.05) is 18.5 Å². The number of carbonyl (C=O) groups is 1. The fourth-order valence-electron chi connectivity index (χ4n) is 3.92. The number of rotatable bonds is 4. The molecule has 1 aromatic heterocycles. The van der Waals surface area contributed by atoms with Crippen LogP contribution in [-0.4, -0.2) is 58.5 Å². The van der Waals surface area contributed by atoms with Crippen molar-refractivity contribution < 1.29 is 14.6 Å². The van der Waals surface area contributed by atoms with Crippen molar-refractivity contribution in [2.45, 2.75) is 65.2 Å². The largest absolute Gasteiger partial charge is 0.347 e. The summed E-state index contributed by atoms with van der Waals surface area (Å²) in [6, 6.07) is 0. The van der Waals surface area contributed by atoms with E-state index in [2.05, 4.69) is 9.88 Å². The molecule has 146 valence electrons. The van der Waals surface area contributed by atoms with Gasteiger partial charge in [-0.3, -0.25) is 4.79 Å².